The molecule has 0 bridgehead atoms. The highest BCUT2D eigenvalue weighted by Gasteiger charge is 2.21. The lowest BCUT2D eigenvalue weighted by molar-refractivity contribution is 1.07. The number of aromatic nitrogens is 4. The first-order valence-corrected chi connectivity index (χ1v) is 22.7. The zero-order valence-corrected chi connectivity index (χ0v) is 35.4. The van der Waals surface area contributed by atoms with E-state index in [1.165, 1.54) is 78.8 Å². The fraction of sp³-hybridized carbons (Fsp3) is 0. The molecule has 294 valence electrons. The molecule has 0 aliphatic carbocycles. The largest absolute Gasteiger partial charge is 0.309 e. The molecule has 9 aromatic carbocycles. The highest BCUT2D eigenvalue weighted by molar-refractivity contribution is 7.27. The predicted octanol–water partition coefficient (Wildman–Crippen LogP) is 16.0. The molecule has 0 fully saturated rings. The fourth-order valence-electron chi connectivity index (χ4n) is 9.26. The maximum atomic E-state index is 5.03. The van der Waals surface area contributed by atoms with Crippen molar-refractivity contribution in [1.82, 2.24) is 19.5 Å². The van der Waals surface area contributed by atoms with Crippen molar-refractivity contribution < 1.29 is 0 Å². The summed E-state index contributed by atoms with van der Waals surface area (Å²) in [5.41, 5.74) is 11.1. The first kappa shape index (κ1) is 35.9. The van der Waals surface area contributed by atoms with Crippen molar-refractivity contribution in [3.8, 4) is 62.1 Å². The van der Waals surface area contributed by atoms with E-state index in [1.807, 2.05) is 83.3 Å². The van der Waals surface area contributed by atoms with Crippen LogP contribution in [0.3, 0.4) is 0 Å². The molecule has 6 heteroatoms. The van der Waals surface area contributed by atoms with E-state index in [0.29, 0.717) is 17.5 Å². The van der Waals surface area contributed by atoms with Gasteiger partial charge in [-0.2, -0.15) is 0 Å². The van der Waals surface area contributed by atoms with Crippen LogP contribution in [0.2, 0.25) is 0 Å². The van der Waals surface area contributed by atoms with Crippen LogP contribution in [0.4, 0.5) is 0 Å². The zero-order chi connectivity index (χ0) is 41.4. The number of benzene rings is 9. The van der Waals surface area contributed by atoms with Crippen molar-refractivity contribution in [3.05, 3.63) is 206 Å². The average Bonchev–Trinajstić information content (AvgIpc) is 4.04. The molecule has 0 atom stereocenters. The second-order valence-corrected chi connectivity index (χ2v) is 18.1. The van der Waals surface area contributed by atoms with E-state index in [0.717, 1.165) is 27.9 Å². The third-order valence-corrected chi connectivity index (χ3v) is 14.7. The maximum Gasteiger partial charge on any atom is 0.164 e. The summed E-state index contributed by atoms with van der Waals surface area (Å²) in [4.78, 5) is 15.0. The standard InChI is InChI=1S/C57H34N4S2/c1-4-14-35(15-5-1)40-28-29-45-49(32-40)61(48-31-30-44-42-20-10-12-22-50(42)63-54(44)52(45)48)41-33-46(53-47(34-41)43-21-11-13-23-51(43)62-53)36-24-26-39(27-25-36)57-59-55(37-16-6-2-7-17-37)58-56(60-57)38-18-8-3-9-19-38/h1-34H. The van der Waals surface area contributed by atoms with E-state index in [4.69, 9.17) is 15.0 Å². The van der Waals surface area contributed by atoms with E-state index in [1.54, 1.807) is 0 Å². The Morgan fingerprint density at radius 1 is 0.317 bits per heavy atom. The van der Waals surface area contributed by atoms with Gasteiger partial charge in [-0.15, -0.1) is 22.7 Å². The van der Waals surface area contributed by atoms with Gasteiger partial charge in [0.15, 0.2) is 17.5 Å². The molecule has 0 saturated heterocycles. The van der Waals surface area contributed by atoms with Crippen LogP contribution in [-0.2, 0) is 0 Å². The molecule has 0 spiro atoms. The van der Waals surface area contributed by atoms with Gasteiger partial charge in [-0.1, -0.05) is 170 Å². The third kappa shape index (κ3) is 5.91. The van der Waals surface area contributed by atoms with Gasteiger partial charge >= 0.3 is 0 Å². The molecule has 0 aliphatic heterocycles. The molecule has 0 N–H and O–H groups in total. The Morgan fingerprint density at radius 3 is 1.44 bits per heavy atom. The summed E-state index contributed by atoms with van der Waals surface area (Å²) in [6.07, 6.45) is 0. The van der Waals surface area contributed by atoms with Crippen molar-refractivity contribution >= 4 is 84.8 Å². The number of fused-ring (bicyclic) bond motifs is 10. The second-order valence-electron chi connectivity index (χ2n) is 16.0. The number of hydrogen-bond acceptors (Lipinski definition) is 5. The lowest BCUT2D eigenvalue weighted by Crippen LogP contribution is -2.00. The van der Waals surface area contributed by atoms with Crippen LogP contribution in [-0.4, -0.2) is 19.5 Å². The Labute approximate surface area is 370 Å². The SMILES string of the molecule is c1ccc(-c2ccc3c4c5sc6ccccc6c5ccc4n(-c4cc(-c5ccc(-c6nc(-c7ccccc7)nc(-c7ccccc7)n6)cc5)c5sc6ccccc6c5c4)c3c2)cc1. The van der Waals surface area contributed by atoms with Crippen LogP contribution in [0, 0.1) is 0 Å². The van der Waals surface area contributed by atoms with E-state index < -0.39 is 0 Å². The molecular formula is C57H34N4S2. The van der Waals surface area contributed by atoms with E-state index in [9.17, 15) is 0 Å². The number of hydrogen-bond donors (Lipinski definition) is 0. The summed E-state index contributed by atoms with van der Waals surface area (Å²) in [5.74, 6) is 1.94. The van der Waals surface area contributed by atoms with Crippen molar-refractivity contribution in [2.24, 2.45) is 0 Å². The number of nitrogens with zero attached hydrogens (tertiary/aromatic N) is 4. The first-order chi connectivity index (χ1) is 31.2. The first-order valence-electron chi connectivity index (χ1n) is 21.1. The zero-order valence-electron chi connectivity index (χ0n) is 33.7. The molecule has 0 unspecified atom stereocenters. The Kier molecular flexibility index (Phi) is 8.22. The molecule has 0 amide bonds. The van der Waals surface area contributed by atoms with Crippen molar-refractivity contribution in [2.75, 3.05) is 0 Å². The van der Waals surface area contributed by atoms with E-state index >= 15 is 0 Å². The molecule has 13 rings (SSSR count). The minimum atomic E-state index is 0.641. The third-order valence-electron chi connectivity index (χ3n) is 12.3. The summed E-state index contributed by atoms with van der Waals surface area (Å²) >= 11 is 3.75. The summed E-state index contributed by atoms with van der Waals surface area (Å²) in [6.45, 7) is 0. The van der Waals surface area contributed by atoms with Gasteiger partial charge in [-0.3, -0.25) is 0 Å². The summed E-state index contributed by atoms with van der Waals surface area (Å²) in [5, 5.41) is 7.68. The van der Waals surface area contributed by atoms with Crippen LogP contribution in [0.1, 0.15) is 0 Å². The molecule has 0 aliphatic rings. The number of rotatable bonds is 6. The smallest absolute Gasteiger partial charge is 0.164 e. The Bertz CT molecular complexity index is 3830. The van der Waals surface area contributed by atoms with Crippen LogP contribution in [0.5, 0.6) is 0 Å². The fourth-order valence-corrected chi connectivity index (χ4v) is 11.7. The normalized spacial score (nSPS) is 11.8. The summed E-state index contributed by atoms with van der Waals surface area (Å²) in [7, 11) is 0. The van der Waals surface area contributed by atoms with Gasteiger partial charge in [0.1, 0.15) is 0 Å². The lowest BCUT2D eigenvalue weighted by atomic mass is 10.00. The van der Waals surface area contributed by atoms with E-state index in [-0.39, 0.29) is 0 Å². The highest BCUT2D eigenvalue weighted by atomic mass is 32.1. The van der Waals surface area contributed by atoms with Gasteiger partial charge in [-0.25, -0.2) is 15.0 Å². The molecule has 13 aromatic rings. The Morgan fingerprint density at radius 2 is 0.810 bits per heavy atom. The Hall–Kier alpha value is -7.77. The molecule has 4 heterocycles. The van der Waals surface area contributed by atoms with Crippen LogP contribution in [0.25, 0.3) is 124 Å². The van der Waals surface area contributed by atoms with Gasteiger partial charge in [0.05, 0.1) is 11.0 Å². The van der Waals surface area contributed by atoms with Crippen LogP contribution >= 0.6 is 22.7 Å². The van der Waals surface area contributed by atoms with Gasteiger partial charge in [0, 0.05) is 79.1 Å². The van der Waals surface area contributed by atoms with Gasteiger partial charge < -0.3 is 4.57 Å². The predicted molar refractivity (Wildman–Crippen MR) is 267 cm³/mol. The molecule has 4 nitrogen and oxygen atoms in total. The molecule has 0 saturated carbocycles. The van der Waals surface area contributed by atoms with Crippen LogP contribution in [0.15, 0.2) is 206 Å². The maximum absolute atomic E-state index is 5.03. The van der Waals surface area contributed by atoms with Crippen LogP contribution < -0.4 is 0 Å². The average molecular weight is 839 g/mol. The monoisotopic (exact) mass is 838 g/mol. The molecule has 63 heavy (non-hydrogen) atoms. The molecular weight excluding hydrogens is 805 g/mol. The quantitative estimate of drug-likeness (QED) is 0.168. The van der Waals surface area contributed by atoms with Crippen molar-refractivity contribution in [3.63, 3.8) is 0 Å². The van der Waals surface area contributed by atoms with Gasteiger partial charge in [0.2, 0.25) is 0 Å². The minimum Gasteiger partial charge on any atom is -0.309 e. The minimum absolute atomic E-state index is 0.641. The summed E-state index contributed by atoms with van der Waals surface area (Å²) < 4.78 is 7.68. The van der Waals surface area contributed by atoms with Gasteiger partial charge in [0.25, 0.3) is 0 Å². The van der Waals surface area contributed by atoms with E-state index in [2.05, 4.69) is 150 Å². The number of thiophene rings is 2. The molecule has 0 radical (unpaired) electrons. The van der Waals surface area contributed by atoms with Gasteiger partial charge in [-0.05, 0) is 53.1 Å². The molecule has 4 aromatic heterocycles. The topological polar surface area (TPSA) is 43.6 Å². The lowest BCUT2D eigenvalue weighted by Gasteiger charge is -2.13. The van der Waals surface area contributed by atoms with Crippen molar-refractivity contribution in [1.29, 1.82) is 0 Å². The summed E-state index contributed by atoms with van der Waals surface area (Å²) in [6, 6.07) is 73.9. The van der Waals surface area contributed by atoms with Crippen molar-refractivity contribution in [2.45, 2.75) is 0 Å². The second kappa shape index (κ2) is 14.4. The Balaban J connectivity index is 1.03. The highest BCUT2D eigenvalue weighted by Crippen LogP contribution is 2.47.